The van der Waals surface area contributed by atoms with Crippen molar-refractivity contribution in [1.29, 1.82) is 5.26 Å². The molecule has 0 spiro atoms. The molecule has 3 aromatic carbocycles. The van der Waals surface area contributed by atoms with Crippen LogP contribution in [0.15, 0.2) is 72.7 Å². The Morgan fingerprint density at radius 2 is 1.75 bits per heavy atom. The highest BCUT2D eigenvalue weighted by Crippen LogP contribution is 2.37. The van der Waals surface area contributed by atoms with Gasteiger partial charge in [-0.25, -0.2) is 8.78 Å². The van der Waals surface area contributed by atoms with Crippen LogP contribution in [0.2, 0.25) is 10.0 Å². The average Bonchev–Trinajstić information content (AvgIpc) is 3.40. The van der Waals surface area contributed by atoms with Gasteiger partial charge in [0.2, 0.25) is 0 Å². The minimum Gasteiger partial charge on any atom is -0.373 e. The van der Waals surface area contributed by atoms with Crippen LogP contribution in [0.25, 0.3) is 10.9 Å². The SMILES string of the molecule is N#Cc1cnc2c(Cl)cc(N[C@H](C3=CNNN3)c3ccc(F)cc3)cc2c1Nc1ccc(F)c(Cl)c1. The zero-order valence-electron chi connectivity index (χ0n) is 18.3. The third-order valence-electron chi connectivity index (χ3n) is 5.57. The Bertz CT molecular complexity index is 1530. The minimum atomic E-state index is -0.553. The van der Waals surface area contributed by atoms with Gasteiger partial charge in [0.05, 0.1) is 38.6 Å². The van der Waals surface area contributed by atoms with E-state index in [1.807, 2.05) is 0 Å². The normalized spacial score (nSPS) is 13.4. The van der Waals surface area contributed by atoms with Gasteiger partial charge in [0.25, 0.3) is 0 Å². The van der Waals surface area contributed by atoms with Crippen LogP contribution >= 0.6 is 23.2 Å². The van der Waals surface area contributed by atoms with Crippen molar-refractivity contribution in [1.82, 2.24) is 21.4 Å². The van der Waals surface area contributed by atoms with Gasteiger partial charge in [-0.15, -0.1) is 0 Å². The van der Waals surface area contributed by atoms with Crippen molar-refractivity contribution < 1.29 is 8.78 Å². The highest BCUT2D eigenvalue weighted by atomic mass is 35.5. The van der Waals surface area contributed by atoms with Gasteiger partial charge in [0, 0.05) is 29.2 Å². The van der Waals surface area contributed by atoms with E-state index in [1.54, 1.807) is 30.5 Å². The maximum Gasteiger partial charge on any atom is 0.141 e. The molecule has 11 heteroatoms. The van der Waals surface area contributed by atoms with Crippen LogP contribution < -0.4 is 27.0 Å². The Labute approximate surface area is 214 Å². The summed E-state index contributed by atoms with van der Waals surface area (Å²) in [5.41, 5.74) is 12.5. The zero-order valence-corrected chi connectivity index (χ0v) is 19.8. The van der Waals surface area contributed by atoms with E-state index in [4.69, 9.17) is 23.2 Å². The molecule has 0 aliphatic carbocycles. The van der Waals surface area contributed by atoms with Crippen LogP contribution in [0.4, 0.5) is 25.8 Å². The number of hydrazine groups is 2. The molecule has 0 saturated heterocycles. The number of halogens is 4. The second-order valence-corrected chi connectivity index (χ2v) is 8.70. The lowest BCUT2D eigenvalue weighted by Gasteiger charge is -2.22. The molecule has 180 valence electrons. The lowest BCUT2D eigenvalue weighted by molar-refractivity contribution is 0.582. The molecule has 7 nitrogen and oxygen atoms in total. The number of nitrogens with one attached hydrogen (secondary N) is 5. The smallest absolute Gasteiger partial charge is 0.141 e. The summed E-state index contributed by atoms with van der Waals surface area (Å²) in [7, 11) is 0. The summed E-state index contributed by atoms with van der Waals surface area (Å²) in [6, 6.07) is 15.5. The standard InChI is InChI=1S/C25H17Cl2F2N7/c26-19-8-16(5-6-21(19)29)33-23-14(10-30)11-31-25-18(23)7-17(9-20(25)27)34-24(22-12-32-36-35-22)13-1-3-15(28)4-2-13/h1-9,11-12,24,32,34-36H,(H,31,33)/t24-/m0/s1. The van der Waals surface area contributed by atoms with Gasteiger partial charge in [-0.05, 0) is 48.0 Å². The molecule has 0 fully saturated rings. The third kappa shape index (κ3) is 4.70. The summed E-state index contributed by atoms with van der Waals surface area (Å²) in [5, 5.41) is 17.1. The van der Waals surface area contributed by atoms with Crippen molar-refractivity contribution in [3.05, 3.63) is 105 Å². The number of anilines is 3. The molecule has 0 saturated carbocycles. The van der Waals surface area contributed by atoms with E-state index in [9.17, 15) is 14.0 Å². The van der Waals surface area contributed by atoms with Crippen LogP contribution in [0, 0.1) is 23.0 Å². The highest BCUT2D eigenvalue weighted by molar-refractivity contribution is 6.36. The van der Waals surface area contributed by atoms with E-state index in [0.29, 0.717) is 33.0 Å². The first-order chi connectivity index (χ1) is 17.4. The molecule has 0 unspecified atom stereocenters. The number of nitrogens with zero attached hydrogens (tertiary/aromatic N) is 2. The van der Waals surface area contributed by atoms with E-state index >= 15 is 0 Å². The Kier molecular flexibility index (Phi) is 6.48. The summed E-state index contributed by atoms with van der Waals surface area (Å²) < 4.78 is 27.2. The Morgan fingerprint density at radius 3 is 2.44 bits per heavy atom. The number of fused-ring (bicyclic) bond motifs is 1. The summed E-state index contributed by atoms with van der Waals surface area (Å²) in [5.74, 6) is -0.898. The van der Waals surface area contributed by atoms with Crippen LogP contribution in [0.1, 0.15) is 17.2 Å². The lowest BCUT2D eigenvalue weighted by atomic mass is 10.0. The molecule has 4 aromatic rings. The van der Waals surface area contributed by atoms with Gasteiger partial charge in [0.15, 0.2) is 0 Å². The predicted octanol–water partition coefficient (Wildman–Crippen LogP) is 6.04. The van der Waals surface area contributed by atoms with Crippen molar-refractivity contribution in [3.8, 4) is 6.07 Å². The molecule has 1 aliphatic rings. The third-order valence-corrected chi connectivity index (χ3v) is 6.14. The Balaban J connectivity index is 1.59. The summed E-state index contributed by atoms with van der Waals surface area (Å²) in [6.07, 6.45) is 3.16. The Hall–Kier alpha value is -4.10. The predicted molar refractivity (Wildman–Crippen MR) is 136 cm³/mol. The van der Waals surface area contributed by atoms with Crippen molar-refractivity contribution in [2.45, 2.75) is 6.04 Å². The second kappa shape index (κ2) is 9.87. The molecule has 0 radical (unpaired) electrons. The van der Waals surface area contributed by atoms with Crippen molar-refractivity contribution in [3.63, 3.8) is 0 Å². The lowest BCUT2D eigenvalue weighted by Crippen LogP contribution is -2.33. The van der Waals surface area contributed by atoms with E-state index in [2.05, 4.69) is 38.1 Å². The molecule has 5 rings (SSSR count). The molecular weight excluding hydrogens is 507 g/mol. The van der Waals surface area contributed by atoms with E-state index in [0.717, 1.165) is 11.3 Å². The number of nitriles is 1. The summed E-state index contributed by atoms with van der Waals surface area (Å²) >= 11 is 12.5. The van der Waals surface area contributed by atoms with E-state index in [-0.39, 0.29) is 16.4 Å². The number of benzene rings is 3. The first kappa shape index (κ1) is 23.6. The molecular formula is C25H17Cl2F2N7. The molecule has 0 bridgehead atoms. The summed E-state index contributed by atoms with van der Waals surface area (Å²) in [6.45, 7) is 0. The fourth-order valence-electron chi connectivity index (χ4n) is 3.86. The van der Waals surface area contributed by atoms with E-state index < -0.39 is 11.9 Å². The highest BCUT2D eigenvalue weighted by Gasteiger charge is 2.21. The topological polar surface area (TPSA) is 96.8 Å². The largest absolute Gasteiger partial charge is 0.373 e. The maximum absolute atomic E-state index is 13.7. The van der Waals surface area contributed by atoms with Crippen LogP contribution in [-0.2, 0) is 0 Å². The van der Waals surface area contributed by atoms with Crippen molar-refractivity contribution in [2.24, 2.45) is 0 Å². The van der Waals surface area contributed by atoms with Gasteiger partial charge in [-0.2, -0.15) is 10.8 Å². The van der Waals surface area contributed by atoms with Gasteiger partial charge >= 0.3 is 0 Å². The van der Waals surface area contributed by atoms with Crippen LogP contribution in [-0.4, -0.2) is 4.98 Å². The number of pyridine rings is 1. The fraction of sp³-hybridized carbons (Fsp3) is 0.0400. The van der Waals surface area contributed by atoms with Gasteiger partial charge in [-0.3, -0.25) is 4.98 Å². The van der Waals surface area contributed by atoms with Gasteiger partial charge in [-0.1, -0.05) is 35.3 Å². The van der Waals surface area contributed by atoms with Gasteiger partial charge < -0.3 is 21.5 Å². The first-order valence-electron chi connectivity index (χ1n) is 10.7. The first-order valence-corrected chi connectivity index (χ1v) is 11.4. The van der Waals surface area contributed by atoms with Crippen LogP contribution in [0.5, 0.6) is 0 Å². The molecule has 1 aromatic heterocycles. The number of hydrogen-bond donors (Lipinski definition) is 5. The van der Waals surface area contributed by atoms with Crippen molar-refractivity contribution >= 4 is 51.2 Å². The van der Waals surface area contributed by atoms with Gasteiger partial charge in [0.1, 0.15) is 17.7 Å². The van der Waals surface area contributed by atoms with E-state index in [1.165, 1.54) is 36.5 Å². The Morgan fingerprint density at radius 1 is 0.972 bits per heavy atom. The number of rotatable bonds is 6. The zero-order chi connectivity index (χ0) is 25.2. The minimum absolute atomic E-state index is 0.0565. The second-order valence-electron chi connectivity index (χ2n) is 7.89. The molecule has 5 N–H and O–H groups in total. The number of aromatic nitrogens is 1. The molecule has 1 aliphatic heterocycles. The van der Waals surface area contributed by atoms with Crippen LogP contribution in [0.3, 0.4) is 0 Å². The molecule has 1 atom stereocenters. The quantitative estimate of drug-likeness (QED) is 0.210. The molecule has 0 amide bonds. The number of hydrogen-bond acceptors (Lipinski definition) is 7. The monoisotopic (exact) mass is 523 g/mol. The average molecular weight is 524 g/mol. The molecule has 2 heterocycles. The summed E-state index contributed by atoms with van der Waals surface area (Å²) in [4.78, 5) is 4.36. The van der Waals surface area contributed by atoms with Crippen molar-refractivity contribution in [2.75, 3.05) is 10.6 Å². The molecule has 36 heavy (non-hydrogen) atoms. The fourth-order valence-corrected chi connectivity index (χ4v) is 4.31. The maximum atomic E-state index is 13.7.